The van der Waals surface area contributed by atoms with E-state index in [-0.39, 0.29) is 5.91 Å². The average Bonchev–Trinajstić information content (AvgIpc) is 2.38. The third-order valence-corrected chi connectivity index (χ3v) is 3.05. The number of halogens is 2. The van der Waals surface area contributed by atoms with Crippen LogP contribution in [0.5, 0.6) is 0 Å². The molecule has 1 aromatic heterocycles. The van der Waals surface area contributed by atoms with Gasteiger partial charge in [0, 0.05) is 22.2 Å². The summed E-state index contributed by atoms with van der Waals surface area (Å²) in [6.07, 6.45) is 1.59. The highest BCUT2D eigenvalue weighted by atomic mass is 79.9. The summed E-state index contributed by atoms with van der Waals surface area (Å²) in [5.74, 6) is -0.197. The molecule has 0 aliphatic rings. The van der Waals surface area contributed by atoms with Crippen LogP contribution < -0.4 is 5.32 Å². The Morgan fingerprint density at radius 2 is 1.94 bits per heavy atom. The number of carbonyl (C=O) groups excluding carboxylic acids is 1. The molecule has 18 heavy (non-hydrogen) atoms. The molecule has 0 bridgehead atoms. The Morgan fingerprint density at radius 1 is 1.22 bits per heavy atom. The molecule has 0 radical (unpaired) electrons. The summed E-state index contributed by atoms with van der Waals surface area (Å²) >= 11 is 9.05. The smallest absolute Gasteiger partial charge is 0.270 e. The number of pyridine rings is 1. The van der Waals surface area contributed by atoms with Crippen LogP contribution in [0.3, 0.4) is 0 Å². The second-order valence-electron chi connectivity index (χ2n) is 3.67. The minimum absolute atomic E-state index is 0.197. The molecule has 0 atom stereocenters. The van der Waals surface area contributed by atoms with Gasteiger partial charge in [-0.15, -0.1) is 0 Å². The molecule has 2 rings (SSSR count). The van der Waals surface area contributed by atoms with Crippen LogP contribution in [-0.4, -0.2) is 10.9 Å². The molecule has 0 saturated carbocycles. The lowest BCUT2D eigenvalue weighted by Gasteiger charge is -2.05. The number of hydrogen-bond donors (Lipinski definition) is 1. The van der Waals surface area contributed by atoms with Crippen molar-refractivity contribution in [3.8, 4) is 0 Å². The van der Waals surface area contributed by atoms with E-state index in [0.717, 1.165) is 10.0 Å². The van der Waals surface area contributed by atoms with Crippen LogP contribution in [0.1, 0.15) is 16.1 Å². The lowest BCUT2D eigenvalue weighted by atomic mass is 10.2. The fourth-order valence-electron chi connectivity index (χ4n) is 1.39. The van der Waals surface area contributed by atoms with Crippen molar-refractivity contribution in [1.29, 1.82) is 0 Å². The van der Waals surface area contributed by atoms with Crippen LogP contribution in [0.25, 0.3) is 0 Å². The molecule has 0 aliphatic carbocycles. The monoisotopic (exact) mass is 324 g/mol. The van der Waals surface area contributed by atoms with E-state index in [4.69, 9.17) is 11.6 Å². The van der Waals surface area contributed by atoms with E-state index in [2.05, 4.69) is 26.2 Å². The summed E-state index contributed by atoms with van der Waals surface area (Å²) in [4.78, 5) is 15.8. The van der Waals surface area contributed by atoms with Crippen molar-refractivity contribution >= 4 is 33.4 Å². The van der Waals surface area contributed by atoms with E-state index < -0.39 is 0 Å². The van der Waals surface area contributed by atoms with Gasteiger partial charge >= 0.3 is 0 Å². The van der Waals surface area contributed by atoms with Crippen LogP contribution in [0.2, 0.25) is 5.02 Å². The zero-order valence-electron chi connectivity index (χ0n) is 9.36. The predicted molar refractivity (Wildman–Crippen MR) is 74.6 cm³/mol. The van der Waals surface area contributed by atoms with Crippen LogP contribution in [0.4, 0.5) is 0 Å². The number of rotatable bonds is 3. The highest BCUT2D eigenvalue weighted by Crippen LogP contribution is 2.10. The molecule has 3 nitrogen and oxygen atoms in total. The quantitative estimate of drug-likeness (QED) is 0.939. The fourth-order valence-corrected chi connectivity index (χ4v) is 1.75. The van der Waals surface area contributed by atoms with Gasteiger partial charge in [0.1, 0.15) is 5.69 Å². The van der Waals surface area contributed by atoms with Crippen molar-refractivity contribution in [2.75, 3.05) is 0 Å². The van der Waals surface area contributed by atoms with Gasteiger partial charge in [-0.25, -0.2) is 4.98 Å². The largest absolute Gasteiger partial charge is 0.347 e. The maximum absolute atomic E-state index is 11.8. The second kappa shape index (κ2) is 5.98. The first-order chi connectivity index (χ1) is 8.65. The Morgan fingerprint density at radius 3 is 2.56 bits per heavy atom. The number of nitrogens with one attached hydrogen (secondary N) is 1. The zero-order valence-corrected chi connectivity index (χ0v) is 11.7. The summed E-state index contributed by atoms with van der Waals surface area (Å²) in [5, 5.41) is 3.47. The lowest BCUT2D eigenvalue weighted by Crippen LogP contribution is -2.23. The summed E-state index contributed by atoms with van der Waals surface area (Å²) in [6.45, 7) is 0.452. The number of hydrogen-bond acceptors (Lipinski definition) is 2. The van der Waals surface area contributed by atoms with Gasteiger partial charge in [0.15, 0.2) is 0 Å². The van der Waals surface area contributed by atoms with Crippen LogP contribution in [0, 0.1) is 0 Å². The molecule has 5 heteroatoms. The van der Waals surface area contributed by atoms with Crippen molar-refractivity contribution in [2.24, 2.45) is 0 Å². The van der Waals surface area contributed by atoms with Gasteiger partial charge in [0.25, 0.3) is 5.91 Å². The molecule has 0 aliphatic heterocycles. The highest BCUT2D eigenvalue weighted by molar-refractivity contribution is 9.10. The van der Waals surface area contributed by atoms with E-state index in [0.29, 0.717) is 17.3 Å². The predicted octanol–water partition coefficient (Wildman–Crippen LogP) is 3.43. The molecule has 1 aromatic carbocycles. The number of benzene rings is 1. The number of aromatic nitrogens is 1. The van der Waals surface area contributed by atoms with Crippen molar-refractivity contribution < 1.29 is 4.79 Å². The first-order valence-electron chi connectivity index (χ1n) is 5.29. The van der Waals surface area contributed by atoms with Gasteiger partial charge in [0.2, 0.25) is 0 Å². The number of nitrogens with zero attached hydrogens (tertiary/aromatic N) is 1. The standard InChI is InChI=1S/C13H10BrClN2O/c14-10-3-6-12(16-8-10)13(18)17-7-9-1-4-11(15)5-2-9/h1-6,8H,7H2,(H,17,18). The van der Waals surface area contributed by atoms with Gasteiger partial charge in [-0.2, -0.15) is 0 Å². The topological polar surface area (TPSA) is 42.0 Å². The summed E-state index contributed by atoms with van der Waals surface area (Å²) in [6, 6.07) is 10.8. The highest BCUT2D eigenvalue weighted by Gasteiger charge is 2.06. The molecule has 0 fully saturated rings. The van der Waals surface area contributed by atoms with Crippen LogP contribution in [-0.2, 0) is 6.54 Å². The van der Waals surface area contributed by atoms with Crippen molar-refractivity contribution in [3.05, 3.63) is 63.3 Å². The Labute approximate surface area is 118 Å². The van der Waals surface area contributed by atoms with Gasteiger partial charge in [-0.1, -0.05) is 23.7 Å². The van der Waals surface area contributed by atoms with Crippen LogP contribution in [0.15, 0.2) is 47.1 Å². The maximum atomic E-state index is 11.8. The third kappa shape index (κ3) is 3.55. The Bertz CT molecular complexity index is 540. The summed E-state index contributed by atoms with van der Waals surface area (Å²) < 4.78 is 0.844. The Balaban J connectivity index is 1.96. The van der Waals surface area contributed by atoms with E-state index in [1.807, 2.05) is 12.1 Å². The molecule has 1 amide bonds. The van der Waals surface area contributed by atoms with E-state index in [9.17, 15) is 4.79 Å². The molecule has 0 saturated heterocycles. The second-order valence-corrected chi connectivity index (χ2v) is 5.02. The molecule has 2 aromatic rings. The SMILES string of the molecule is O=C(NCc1ccc(Cl)cc1)c1ccc(Br)cn1. The maximum Gasteiger partial charge on any atom is 0.270 e. The van der Waals surface area contributed by atoms with Gasteiger partial charge in [-0.05, 0) is 45.8 Å². The van der Waals surface area contributed by atoms with E-state index >= 15 is 0 Å². The fraction of sp³-hybridized carbons (Fsp3) is 0.0769. The first kappa shape index (κ1) is 13.1. The number of carbonyl (C=O) groups is 1. The zero-order chi connectivity index (χ0) is 13.0. The van der Waals surface area contributed by atoms with E-state index in [1.54, 1.807) is 30.5 Å². The molecule has 1 heterocycles. The van der Waals surface area contributed by atoms with Crippen molar-refractivity contribution in [1.82, 2.24) is 10.3 Å². The van der Waals surface area contributed by atoms with Crippen LogP contribution >= 0.6 is 27.5 Å². The average molecular weight is 326 g/mol. The minimum atomic E-state index is -0.197. The van der Waals surface area contributed by atoms with Crippen molar-refractivity contribution in [3.63, 3.8) is 0 Å². The van der Waals surface area contributed by atoms with Gasteiger partial charge in [-0.3, -0.25) is 4.79 Å². The molecular weight excluding hydrogens is 316 g/mol. The first-order valence-corrected chi connectivity index (χ1v) is 6.46. The van der Waals surface area contributed by atoms with E-state index in [1.165, 1.54) is 0 Å². The molecule has 1 N–H and O–H groups in total. The normalized spacial score (nSPS) is 10.1. The molecule has 92 valence electrons. The van der Waals surface area contributed by atoms with Crippen molar-refractivity contribution in [2.45, 2.75) is 6.54 Å². The minimum Gasteiger partial charge on any atom is -0.347 e. The third-order valence-electron chi connectivity index (χ3n) is 2.33. The van der Waals surface area contributed by atoms with Gasteiger partial charge in [0.05, 0.1) is 0 Å². The summed E-state index contributed by atoms with van der Waals surface area (Å²) in [5.41, 5.74) is 1.39. The Hall–Kier alpha value is -1.39. The molecule has 0 unspecified atom stereocenters. The molecular formula is C13H10BrClN2O. The lowest BCUT2D eigenvalue weighted by molar-refractivity contribution is 0.0946. The Kier molecular flexibility index (Phi) is 4.33. The van der Waals surface area contributed by atoms with Gasteiger partial charge < -0.3 is 5.32 Å². The molecule has 0 spiro atoms. The summed E-state index contributed by atoms with van der Waals surface area (Å²) in [7, 11) is 0. The number of amides is 1.